The van der Waals surface area contributed by atoms with Gasteiger partial charge in [-0.25, -0.2) is 0 Å². The Balaban J connectivity index is 1.87. The van der Waals surface area contributed by atoms with Gasteiger partial charge in [0.2, 0.25) is 11.8 Å². The van der Waals surface area contributed by atoms with Crippen LogP contribution in [0, 0.1) is 11.8 Å². The molecule has 2 N–H and O–H groups in total. The zero-order valence-electron chi connectivity index (χ0n) is 18.6. The Kier molecular flexibility index (Phi) is 6.77. The highest BCUT2D eigenvalue weighted by Crippen LogP contribution is 2.58. The number of esters is 1. The lowest BCUT2D eigenvalue weighted by molar-refractivity contribution is -0.154. The van der Waals surface area contributed by atoms with E-state index in [1.165, 1.54) is 0 Å². The molecule has 0 aromatic rings. The van der Waals surface area contributed by atoms with E-state index in [1.807, 2.05) is 20.8 Å². The first-order valence-corrected chi connectivity index (χ1v) is 11.2. The van der Waals surface area contributed by atoms with Crippen LogP contribution in [0.15, 0.2) is 0 Å². The molecule has 0 aromatic heterocycles. The van der Waals surface area contributed by atoms with Crippen LogP contribution in [0.3, 0.4) is 0 Å². The van der Waals surface area contributed by atoms with E-state index in [-0.39, 0.29) is 31.1 Å². The molecule has 0 radical (unpaired) electrons. The number of nitrogens with one attached hydrogen (secondary N) is 1. The molecule has 3 aliphatic heterocycles. The number of likely N-dealkylation sites (tertiary alicyclic amines) is 1. The summed E-state index contributed by atoms with van der Waals surface area (Å²) in [4.78, 5) is 41.2. The van der Waals surface area contributed by atoms with E-state index in [2.05, 4.69) is 5.32 Å². The number of aliphatic hydroxyl groups excluding tert-OH is 1. The molecule has 30 heavy (non-hydrogen) atoms. The van der Waals surface area contributed by atoms with E-state index < -0.39 is 35.0 Å². The van der Waals surface area contributed by atoms with Crippen molar-refractivity contribution in [3.8, 4) is 0 Å². The Morgan fingerprint density at radius 2 is 1.97 bits per heavy atom. The Morgan fingerprint density at radius 3 is 2.60 bits per heavy atom. The lowest BCUT2D eigenvalue weighted by Gasteiger charge is -2.35. The number of nitrogens with zero attached hydrogens (tertiary/aromatic N) is 1. The summed E-state index contributed by atoms with van der Waals surface area (Å²) in [6.45, 7) is 8.31. The van der Waals surface area contributed by atoms with E-state index in [0.29, 0.717) is 19.4 Å². The van der Waals surface area contributed by atoms with Crippen molar-refractivity contribution in [1.82, 2.24) is 10.2 Å². The van der Waals surface area contributed by atoms with Gasteiger partial charge in [0.15, 0.2) is 0 Å². The molecule has 1 spiro atoms. The lowest BCUT2D eigenvalue weighted by atomic mass is 9.70. The van der Waals surface area contributed by atoms with Crippen LogP contribution in [0.1, 0.15) is 66.2 Å². The molecule has 8 nitrogen and oxygen atoms in total. The first kappa shape index (κ1) is 23.0. The van der Waals surface area contributed by atoms with Gasteiger partial charge in [-0.3, -0.25) is 14.4 Å². The summed E-state index contributed by atoms with van der Waals surface area (Å²) in [5.41, 5.74) is -1.40. The van der Waals surface area contributed by atoms with Crippen molar-refractivity contribution in [2.75, 3.05) is 19.8 Å². The fourth-order valence-electron chi connectivity index (χ4n) is 5.39. The van der Waals surface area contributed by atoms with Gasteiger partial charge in [-0.2, -0.15) is 0 Å². The number of rotatable bonds is 9. The smallest absolute Gasteiger partial charge is 0.312 e. The van der Waals surface area contributed by atoms with Crippen LogP contribution in [0.25, 0.3) is 0 Å². The van der Waals surface area contributed by atoms with E-state index in [4.69, 9.17) is 14.6 Å². The van der Waals surface area contributed by atoms with Crippen LogP contribution >= 0.6 is 0 Å². The summed E-state index contributed by atoms with van der Waals surface area (Å²) < 4.78 is 11.6. The monoisotopic (exact) mass is 424 g/mol. The van der Waals surface area contributed by atoms with Gasteiger partial charge in [-0.1, -0.05) is 12.8 Å². The molecule has 8 heteroatoms. The van der Waals surface area contributed by atoms with E-state index in [9.17, 15) is 14.4 Å². The average Bonchev–Trinajstić information content (AvgIpc) is 3.28. The van der Waals surface area contributed by atoms with Crippen LogP contribution in [-0.2, 0) is 23.9 Å². The summed E-state index contributed by atoms with van der Waals surface area (Å²) in [5.74, 6) is -2.11. The second-order valence-corrected chi connectivity index (χ2v) is 9.72. The summed E-state index contributed by atoms with van der Waals surface area (Å²) in [5, 5.41) is 12.0. The molecular formula is C22H36N2O6. The number of ether oxygens (including phenoxy) is 2. The summed E-state index contributed by atoms with van der Waals surface area (Å²) >= 11 is 0. The van der Waals surface area contributed by atoms with Crippen molar-refractivity contribution >= 4 is 17.8 Å². The maximum atomic E-state index is 13.5. The van der Waals surface area contributed by atoms with Crippen LogP contribution in [0.4, 0.5) is 0 Å². The number of fused-ring (bicyclic) bond motifs is 1. The number of hydrogen-bond donors (Lipinski definition) is 2. The van der Waals surface area contributed by atoms with Crippen molar-refractivity contribution < 1.29 is 29.0 Å². The lowest BCUT2D eigenvalue weighted by Crippen LogP contribution is -2.58. The number of amides is 2. The number of hydrogen-bond acceptors (Lipinski definition) is 6. The quantitative estimate of drug-likeness (QED) is 0.428. The van der Waals surface area contributed by atoms with Crippen molar-refractivity contribution in [3.63, 3.8) is 0 Å². The zero-order valence-corrected chi connectivity index (χ0v) is 18.6. The maximum absolute atomic E-state index is 13.5. The average molecular weight is 425 g/mol. The molecule has 3 heterocycles. The molecule has 3 aliphatic rings. The van der Waals surface area contributed by atoms with Crippen molar-refractivity contribution in [2.45, 2.75) is 89.5 Å². The molecule has 2 bridgehead atoms. The van der Waals surface area contributed by atoms with Gasteiger partial charge in [0.05, 0.1) is 24.5 Å². The third-order valence-corrected chi connectivity index (χ3v) is 6.41. The minimum Gasteiger partial charge on any atom is -0.466 e. The fraction of sp³-hybridized carbons (Fsp3) is 0.864. The molecule has 3 saturated heterocycles. The Morgan fingerprint density at radius 1 is 1.27 bits per heavy atom. The third kappa shape index (κ3) is 4.08. The molecular weight excluding hydrogens is 388 g/mol. The summed E-state index contributed by atoms with van der Waals surface area (Å²) in [7, 11) is 0. The van der Waals surface area contributed by atoms with Crippen LogP contribution < -0.4 is 5.32 Å². The Labute approximate surface area is 178 Å². The molecule has 170 valence electrons. The highest BCUT2D eigenvalue weighted by atomic mass is 16.6. The van der Waals surface area contributed by atoms with Crippen molar-refractivity contribution in [3.05, 3.63) is 0 Å². The Hall–Kier alpha value is -1.67. The highest BCUT2D eigenvalue weighted by molar-refractivity contribution is 5.98. The number of carbonyl (C=O) groups excluding carboxylic acids is 3. The van der Waals surface area contributed by atoms with Crippen molar-refractivity contribution in [1.29, 1.82) is 0 Å². The summed E-state index contributed by atoms with van der Waals surface area (Å²) in [6.07, 6.45) is 4.07. The molecule has 0 saturated carbocycles. The molecule has 2 amide bonds. The SMILES string of the molecule is CCOC(=O)[C@@H]1[C@H]2C(=O)N(CCCCCCO)C(C(=O)NC(C)(C)C)C23CC[C@H]1O3. The molecule has 0 aliphatic carbocycles. The van der Waals surface area contributed by atoms with Gasteiger partial charge >= 0.3 is 5.97 Å². The van der Waals surface area contributed by atoms with Crippen LogP contribution in [-0.4, -0.2) is 70.8 Å². The van der Waals surface area contributed by atoms with Crippen LogP contribution in [0.2, 0.25) is 0 Å². The molecule has 3 fully saturated rings. The van der Waals surface area contributed by atoms with Gasteiger partial charge in [-0.05, 0) is 53.4 Å². The number of carbonyl (C=O) groups is 3. The van der Waals surface area contributed by atoms with E-state index in [0.717, 1.165) is 25.7 Å². The van der Waals surface area contributed by atoms with Crippen LogP contribution in [0.5, 0.6) is 0 Å². The topological polar surface area (TPSA) is 105 Å². The first-order valence-electron chi connectivity index (χ1n) is 11.2. The zero-order chi connectivity index (χ0) is 22.1. The van der Waals surface area contributed by atoms with Gasteiger partial charge in [0, 0.05) is 18.7 Å². The number of aliphatic hydroxyl groups is 1. The third-order valence-electron chi connectivity index (χ3n) is 6.41. The first-order chi connectivity index (χ1) is 14.2. The van der Waals surface area contributed by atoms with Gasteiger partial charge in [0.1, 0.15) is 11.6 Å². The van der Waals surface area contributed by atoms with Gasteiger partial charge < -0.3 is 24.8 Å². The van der Waals surface area contributed by atoms with Gasteiger partial charge in [-0.15, -0.1) is 0 Å². The number of unbranched alkanes of at least 4 members (excludes halogenated alkanes) is 3. The molecule has 3 rings (SSSR count). The minimum absolute atomic E-state index is 0.154. The molecule has 2 unspecified atom stereocenters. The summed E-state index contributed by atoms with van der Waals surface area (Å²) in [6, 6.07) is -0.739. The second-order valence-electron chi connectivity index (χ2n) is 9.72. The minimum atomic E-state index is -0.959. The Bertz CT molecular complexity index is 675. The predicted molar refractivity (Wildman–Crippen MR) is 109 cm³/mol. The maximum Gasteiger partial charge on any atom is 0.312 e. The fourth-order valence-corrected chi connectivity index (χ4v) is 5.39. The van der Waals surface area contributed by atoms with E-state index in [1.54, 1.807) is 11.8 Å². The van der Waals surface area contributed by atoms with Gasteiger partial charge in [0.25, 0.3) is 0 Å². The predicted octanol–water partition coefficient (Wildman–Crippen LogP) is 1.39. The molecule has 0 aromatic carbocycles. The second kappa shape index (κ2) is 8.83. The van der Waals surface area contributed by atoms with E-state index >= 15 is 0 Å². The largest absolute Gasteiger partial charge is 0.466 e. The van der Waals surface area contributed by atoms with Crippen molar-refractivity contribution in [2.24, 2.45) is 11.8 Å². The molecule has 5 atom stereocenters. The standard InChI is InChI=1S/C22H36N2O6/c1-5-29-20(28)15-14-10-11-22(30-14)16(15)19(27)24(12-8-6-7-9-13-25)17(22)18(26)23-21(2,3)4/h14-17,25H,5-13H2,1-4H3,(H,23,26)/t14-,15+,16+,17?,22?/m1/s1. The highest BCUT2D eigenvalue weighted by Gasteiger charge is 2.74. The normalized spacial score (nSPS) is 32.4.